The summed E-state index contributed by atoms with van der Waals surface area (Å²) in [6, 6.07) is 2.43. The molecule has 7 heteroatoms. The average molecular weight is 290 g/mol. The fourth-order valence-corrected chi connectivity index (χ4v) is 3.23. The SMILES string of the molecule is O=S(=O)(NCCC1CCNC1)c1ccc(F)cc1F. The van der Waals surface area contributed by atoms with Crippen molar-refractivity contribution >= 4 is 10.0 Å². The van der Waals surface area contributed by atoms with Gasteiger partial charge in [-0.2, -0.15) is 0 Å². The van der Waals surface area contributed by atoms with Crippen molar-refractivity contribution in [3.63, 3.8) is 0 Å². The molecule has 106 valence electrons. The van der Waals surface area contributed by atoms with E-state index in [2.05, 4.69) is 10.0 Å². The molecule has 1 aromatic rings. The van der Waals surface area contributed by atoms with Crippen molar-refractivity contribution in [1.82, 2.24) is 10.0 Å². The Balaban J connectivity index is 1.97. The summed E-state index contributed by atoms with van der Waals surface area (Å²) in [5, 5.41) is 3.19. The predicted octanol–water partition coefficient (Wildman–Crippen LogP) is 1.24. The van der Waals surface area contributed by atoms with E-state index in [1.807, 2.05) is 0 Å². The Labute approximate surface area is 111 Å². The fourth-order valence-electron chi connectivity index (χ4n) is 2.13. The van der Waals surface area contributed by atoms with Crippen LogP contribution in [-0.2, 0) is 10.0 Å². The lowest BCUT2D eigenvalue weighted by Crippen LogP contribution is -2.27. The van der Waals surface area contributed by atoms with Crippen molar-refractivity contribution in [2.75, 3.05) is 19.6 Å². The molecule has 2 rings (SSSR count). The molecule has 1 saturated heterocycles. The maximum Gasteiger partial charge on any atom is 0.243 e. The Hall–Kier alpha value is -1.05. The van der Waals surface area contributed by atoms with E-state index in [1.54, 1.807) is 0 Å². The summed E-state index contributed by atoms with van der Waals surface area (Å²) in [4.78, 5) is -0.515. The zero-order valence-electron chi connectivity index (χ0n) is 10.3. The van der Waals surface area contributed by atoms with Gasteiger partial charge >= 0.3 is 0 Å². The first-order valence-electron chi connectivity index (χ1n) is 6.14. The third-order valence-corrected chi connectivity index (χ3v) is 4.68. The third kappa shape index (κ3) is 3.71. The second-order valence-corrected chi connectivity index (χ2v) is 6.36. The predicted molar refractivity (Wildman–Crippen MR) is 67.1 cm³/mol. The maximum absolute atomic E-state index is 13.4. The van der Waals surface area contributed by atoms with Crippen molar-refractivity contribution in [2.45, 2.75) is 17.7 Å². The van der Waals surface area contributed by atoms with Crippen LogP contribution in [0, 0.1) is 17.6 Å². The average Bonchev–Trinajstić information content (AvgIpc) is 2.81. The Morgan fingerprint density at radius 3 is 2.79 bits per heavy atom. The monoisotopic (exact) mass is 290 g/mol. The Morgan fingerprint density at radius 2 is 2.16 bits per heavy atom. The van der Waals surface area contributed by atoms with Gasteiger partial charge in [0, 0.05) is 12.6 Å². The minimum atomic E-state index is -3.91. The van der Waals surface area contributed by atoms with E-state index < -0.39 is 26.6 Å². The van der Waals surface area contributed by atoms with Gasteiger partial charge in [-0.25, -0.2) is 21.9 Å². The van der Waals surface area contributed by atoms with Gasteiger partial charge in [-0.1, -0.05) is 0 Å². The van der Waals surface area contributed by atoms with E-state index >= 15 is 0 Å². The summed E-state index contributed by atoms with van der Waals surface area (Å²) >= 11 is 0. The van der Waals surface area contributed by atoms with E-state index in [0.29, 0.717) is 18.4 Å². The Morgan fingerprint density at radius 1 is 1.37 bits per heavy atom. The molecule has 1 unspecified atom stereocenters. The number of hydrogen-bond acceptors (Lipinski definition) is 3. The Bertz CT molecular complexity index is 543. The summed E-state index contributed by atoms with van der Waals surface area (Å²) in [7, 11) is -3.91. The highest BCUT2D eigenvalue weighted by molar-refractivity contribution is 7.89. The zero-order valence-corrected chi connectivity index (χ0v) is 11.1. The van der Waals surface area contributed by atoms with Gasteiger partial charge in [0.05, 0.1) is 0 Å². The molecular formula is C12H16F2N2O2S. The van der Waals surface area contributed by atoms with E-state index in [-0.39, 0.29) is 6.54 Å². The molecule has 1 aliphatic heterocycles. The smallest absolute Gasteiger partial charge is 0.243 e. The summed E-state index contributed by atoms with van der Waals surface area (Å²) < 4.78 is 52.2. The molecule has 0 aromatic heterocycles. The lowest BCUT2D eigenvalue weighted by Gasteiger charge is -2.10. The quantitative estimate of drug-likeness (QED) is 0.858. The highest BCUT2D eigenvalue weighted by atomic mass is 32.2. The molecule has 2 N–H and O–H groups in total. The topological polar surface area (TPSA) is 58.2 Å². The van der Waals surface area contributed by atoms with Crippen molar-refractivity contribution in [3.8, 4) is 0 Å². The van der Waals surface area contributed by atoms with Crippen LogP contribution in [0.15, 0.2) is 23.1 Å². The lowest BCUT2D eigenvalue weighted by atomic mass is 10.1. The second-order valence-electron chi connectivity index (χ2n) is 4.62. The van der Waals surface area contributed by atoms with E-state index in [0.717, 1.165) is 31.6 Å². The highest BCUT2D eigenvalue weighted by Gasteiger charge is 2.20. The van der Waals surface area contributed by atoms with Crippen LogP contribution in [-0.4, -0.2) is 28.1 Å². The Kier molecular flexibility index (Phi) is 4.49. The van der Waals surface area contributed by atoms with Crippen LogP contribution < -0.4 is 10.0 Å². The minimum absolute atomic E-state index is 0.255. The molecule has 0 bridgehead atoms. The van der Waals surface area contributed by atoms with E-state index in [1.165, 1.54) is 0 Å². The molecule has 0 saturated carbocycles. The van der Waals surface area contributed by atoms with Crippen molar-refractivity contribution in [3.05, 3.63) is 29.8 Å². The largest absolute Gasteiger partial charge is 0.316 e. The van der Waals surface area contributed by atoms with Gasteiger partial charge < -0.3 is 5.32 Å². The molecule has 0 aliphatic carbocycles. The highest BCUT2D eigenvalue weighted by Crippen LogP contribution is 2.16. The van der Waals surface area contributed by atoms with Crippen molar-refractivity contribution in [1.29, 1.82) is 0 Å². The van der Waals surface area contributed by atoms with Crippen LogP contribution in [0.25, 0.3) is 0 Å². The van der Waals surface area contributed by atoms with Crippen LogP contribution in [0.2, 0.25) is 0 Å². The lowest BCUT2D eigenvalue weighted by molar-refractivity contribution is 0.514. The molecule has 0 radical (unpaired) electrons. The van der Waals surface area contributed by atoms with Crippen molar-refractivity contribution in [2.24, 2.45) is 5.92 Å². The van der Waals surface area contributed by atoms with E-state index in [9.17, 15) is 17.2 Å². The van der Waals surface area contributed by atoms with Crippen LogP contribution >= 0.6 is 0 Å². The molecular weight excluding hydrogens is 274 g/mol. The number of halogens is 2. The number of nitrogens with one attached hydrogen (secondary N) is 2. The van der Waals surface area contributed by atoms with Gasteiger partial charge in [0.25, 0.3) is 0 Å². The second kappa shape index (κ2) is 5.94. The van der Waals surface area contributed by atoms with Crippen LogP contribution in [0.3, 0.4) is 0 Å². The molecule has 1 aromatic carbocycles. The number of sulfonamides is 1. The molecule has 1 fully saturated rings. The first-order valence-corrected chi connectivity index (χ1v) is 7.63. The van der Waals surface area contributed by atoms with Gasteiger partial charge in [0.15, 0.2) is 0 Å². The van der Waals surface area contributed by atoms with Gasteiger partial charge in [-0.15, -0.1) is 0 Å². The summed E-state index contributed by atoms with van der Waals surface area (Å²) in [6.45, 7) is 2.09. The van der Waals surface area contributed by atoms with Gasteiger partial charge in [0.2, 0.25) is 10.0 Å². The van der Waals surface area contributed by atoms with Crippen molar-refractivity contribution < 1.29 is 17.2 Å². The molecule has 0 spiro atoms. The molecule has 1 aliphatic rings. The molecule has 1 heterocycles. The molecule has 19 heavy (non-hydrogen) atoms. The minimum Gasteiger partial charge on any atom is -0.316 e. The van der Waals surface area contributed by atoms with Gasteiger partial charge in [-0.3, -0.25) is 0 Å². The van der Waals surface area contributed by atoms with Crippen LogP contribution in [0.5, 0.6) is 0 Å². The maximum atomic E-state index is 13.4. The first kappa shape index (κ1) is 14.4. The summed E-state index contributed by atoms with van der Waals surface area (Å²) in [6.07, 6.45) is 1.72. The molecule has 0 amide bonds. The van der Waals surface area contributed by atoms with Crippen LogP contribution in [0.1, 0.15) is 12.8 Å². The standard InChI is InChI=1S/C12H16F2N2O2S/c13-10-1-2-12(11(14)7-10)19(17,18)16-6-4-9-3-5-15-8-9/h1-2,7,9,15-16H,3-6,8H2. The summed E-state index contributed by atoms with van der Waals surface area (Å²) in [5.41, 5.74) is 0. The molecule has 1 atom stereocenters. The normalized spacial score (nSPS) is 19.8. The molecule has 4 nitrogen and oxygen atoms in total. The van der Waals surface area contributed by atoms with Gasteiger partial charge in [0.1, 0.15) is 16.5 Å². The van der Waals surface area contributed by atoms with Gasteiger partial charge in [-0.05, 0) is 44.0 Å². The summed E-state index contributed by atoms with van der Waals surface area (Å²) in [5.74, 6) is -1.43. The first-order chi connectivity index (χ1) is 8.99. The number of rotatable bonds is 5. The number of benzene rings is 1. The number of hydrogen-bond donors (Lipinski definition) is 2. The van der Waals surface area contributed by atoms with Crippen LogP contribution in [0.4, 0.5) is 8.78 Å². The van der Waals surface area contributed by atoms with E-state index in [4.69, 9.17) is 0 Å². The zero-order chi connectivity index (χ0) is 13.9. The fraction of sp³-hybridized carbons (Fsp3) is 0.500. The third-order valence-electron chi connectivity index (χ3n) is 3.19.